The fraction of sp³-hybridized carbons (Fsp3) is 0.500. The van der Waals surface area contributed by atoms with E-state index in [0.717, 1.165) is 14.1 Å². The number of sulfonamides is 1. The van der Waals surface area contributed by atoms with E-state index in [1.807, 2.05) is 0 Å². The van der Waals surface area contributed by atoms with Crippen LogP contribution in [0, 0.1) is 17.5 Å². The van der Waals surface area contributed by atoms with Crippen molar-refractivity contribution in [1.29, 1.82) is 0 Å². The van der Waals surface area contributed by atoms with Crippen LogP contribution in [0.1, 0.15) is 13.8 Å². The maximum atomic E-state index is 13.9. The van der Waals surface area contributed by atoms with E-state index in [1.54, 1.807) is 13.8 Å². The fourth-order valence-corrected chi connectivity index (χ4v) is 4.73. The Labute approximate surface area is 159 Å². The number of nitrogens with zero attached hydrogens (tertiary/aromatic N) is 2. The summed E-state index contributed by atoms with van der Waals surface area (Å²) in [7, 11) is -4.34. The van der Waals surface area contributed by atoms with Crippen LogP contribution in [0.2, 0.25) is 0 Å². The normalized spacial score (nSPS) is 21.2. The summed E-state index contributed by atoms with van der Waals surface area (Å²) in [5.41, 5.74) is -0.994. The van der Waals surface area contributed by atoms with Crippen molar-refractivity contribution in [1.82, 2.24) is 14.5 Å². The van der Waals surface area contributed by atoms with E-state index in [0.29, 0.717) is 12.1 Å². The number of hydrogen-bond donors (Lipinski definition) is 2. The second-order valence-corrected chi connectivity index (χ2v) is 9.18. The van der Waals surface area contributed by atoms with Gasteiger partial charge in [-0.05, 0) is 26.0 Å². The Morgan fingerprint density at radius 3 is 2.25 bits per heavy atom. The molecule has 2 N–H and O–H groups in total. The molecule has 0 atom stereocenters. The third kappa shape index (κ3) is 3.47. The molecule has 2 fully saturated rings. The molecule has 154 valence electrons. The topological polar surface area (TPSA) is 91.2 Å². The minimum absolute atomic E-state index is 0.0247. The Morgan fingerprint density at radius 2 is 1.71 bits per heavy atom. The van der Waals surface area contributed by atoms with Crippen molar-refractivity contribution >= 4 is 22.0 Å². The Balaban J connectivity index is 1.68. The second kappa shape index (κ2) is 7.01. The predicted molar refractivity (Wildman–Crippen MR) is 90.1 cm³/mol. The highest BCUT2D eigenvalue weighted by Gasteiger charge is 2.46. The average Bonchev–Trinajstić information content (AvgIpc) is 2.81. The molecule has 0 unspecified atom stereocenters. The fourth-order valence-electron chi connectivity index (χ4n) is 3.23. The molecular formula is C16H20F3N4O4S+. The first-order chi connectivity index (χ1) is 12.9. The van der Waals surface area contributed by atoms with Crippen LogP contribution in [0.25, 0.3) is 0 Å². The van der Waals surface area contributed by atoms with Gasteiger partial charge in [-0.2, -0.15) is 4.31 Å². The molecule has 12 heteroatoms. The minimum atomic E-state index is -4.34. The van der Waals surface area contributed by atoms with Crippen LogP contribution in [-0.2, 0) is 14.8 Å². The highest BCUT2D eigenvalue weighted by Crippen LogP contribution is 2.23. The lowest BCUT2D eigenvalue weighted by molar-refractivity contribution is -0.910. The van der Waals surface area contributed by atoms with E-state index in [9.17, 15) is 31.2 Å². The maximum absolute atomic E-state index is 13.9. The lowest BCUT2D eigenvalue weighted by atomic mass is 10.1. The van der Waals surface area contributed by atoms with Gasteiger partial charge in [0.05, 0.1) is 26.2 Å². The van der Waals surface area contributed by atoms with Crippen LogP contribution in [0.5, 0.6) is 0 Å². The predicted octanol–water partition coefficient (Wildman–Crippen LogP) is -0.719. The van der Waals surface area contributed by atoms with Gasteiger partial charge in [-0.3, -0.25) is 4.79 Å². The first-order valence-corrected chi connectivity index (χ1v) is 10.0. The molecule has 2 aliphatic rings. The van der Waals surface area contributed by atoms with Crippen LogP contribution in [0.3, 0.4) is 0 Å². The number of halogens is 3. The zero-order chi connectivity index (χ0) is 20.9. The molecule has 2 saturated heterocycles. The minimum Gasteiger partial charge on any atom is -0.323 e. The van der Waals surface area contributed by atoms with Gasteiger partial charge in [0.1, 0.15) is 10.4 Å². The molecule has 1 aromatic carbocycles. The molecule has 0 spiro atoms. The molecule has 0 aliphatic carbocycles. The number of carbonyl (C=O) groups excluding carboxylic acids is 2. The van der Waals surface area contributed by atoms with E-state index in [2.05, 4.69) is 5.32 Å². The standard InChI is InChI=1S/C16H19F3N4O4S/c1-16(2)14(24)23(15(25)20-16)9-21-5-7-22(8-6-21)28(26,27)11-4-3-10(17)12(18)13(11)19/h3-4H,5-9H2,1-2H3,(H,20,25)/p+1. The SMILES string of the molecule is CC1(C)NC(=O)N(C[NH+]2CCN(S(=O)(=O)c3ccc(F)c(F)c3F)CC2)C1=O. The summed E-state index contributed by atoms with van der Waals surface area (Å²) in [6, 6.07) is 0.741. The number of rotatable bonds is 4. The Hall–Kier alpha value is -2.18. The van der Waals surface area contributed by atoms with Crippen LogP contribution in [-0.4, -0.2) is 67.9 Å². The number of amides is 3. The lowest BCUT2D eigenvalue weighted by Gasteiger charge is -2.32. The van der Waals surface area contributed by atoms with Gasteiger partial charge in [0.25, 0.3) is 5.91 Å². The molecule has 1 aromatic rings. The van der Waals surface area contributed by atoms with Crippen molar-refractivity contribution < 1.29 is 36.1 Å². The van der Waals surface area contributed by atoms with Gasteiger partial charge >= 0.3 is 6.03 Å². The molecule has 8 nitrogen and oxygen atoms in total. The first kappa shape index (κ1) is 20.6. The molecule has 0 aromatic heterocycles. The number of carbonyl (C=O) groups is 2. The summed E-state index contributed by atoms with van der Waals surface area (Å²) in [6.07, 6.45) is 0. The van der Waals surface area contributed by atoms with Crippen molar-refractivity contribution in [2.75, 3.05) is 32.8 Å². The number of quaternary nitrogens is 1. The zero-order valence-corrected chi connectivity index (χ0v) is 16.1. The summed E-state index contributed by atoms with van der Waals surface area (Å²) >= 11 is 0. The van der Waals surface area contributed by atoms with Crippen molar-refractivity contribution in [3.63, 3.8) is 0 Å². The van der Waals surface area contributed by atoms with Gasteiger partial charge in [0.15, 0.2) is 24.1 Å². The van der Waals surface area contributed by atoms with E-state index < -0.39 is 43.9 Å². The number of imide groups is 1. The number of urea groups is 1. The molecule has 0 saturated carbocycles. The van der Waals surface area contributed by atoms with E-state index >= 15 is 0 Å². The lowest BCUT2D eigenvalue weighted by Crippen LogP contribution is -3.16. The zero-order valence-electron chi connectivity index (χ0n) is 15.3. The van der Waals surface area contributed by atoms with Crippen molar-refractivity contribution in [2.45, 2.75) is 24.3 Å². The molecule has 0 radical (unpaired) electrons. The highest BCUT2D eigenvalue weighted by atomic mass is 32.2. The first-order valence-electron chi connectivity index (χ1n) is 8.56. The van der Waals surface area contributed by atoms with Gasteiger partial charge in [0, 0.05) is 0 Å². The molecule has 3 amide bonds. The smallest absolute Gasteiger partial charge is 0.323 e. The van der Waals surface area contributed by atoms with Crippen LogP contribution in [0.15, 0.2) is 17.0 Å². The monoisotopic (exact) mass is 421 g/mol. The van der Waals surface area contributed by atoms with E-state index in [-0.39, 0.29) is 38.8 Å². The van der Waals surface area contributed by atoms with Crippen molar-refractivity contribution in [3.05, 3.63) is 29.6 Å². The van der Waals surface area contributed by atoms with Crippen LogP contribution in [0.4, 0.5) is 18.0 Å². The van der Waals surface area contributed by atoms with E-state index in [1.165, 1.54) is 0 Å². The molecule has 28 heavy (non-hydrogen) atoms. The van der Waals surface area contributed by atoms with Gasteiger partial charge in [-0.25, -0.2) is 31.3 Å². The summed E-state index contributed by atoms with van der Waals surface area (Å²) < 4.78 is 66.5. The largest absolute Gasteiger partial charge is 0.329 e. The maximum Gasteiger partial charge on any atom is 0.329 e. The second-order valence-electron chi connectivity index (χ2n) is 7.27. The van der Waals surface area contributed by atoms with Gasteiger partial charge in [-0.15, -0.1) is 0 Å². The van der Waals surface area contributed by atoms with Crippen LogP contribution < -0.4 is 10.2 Å². The molecular weight excluding hydrogens is 401 g/mol. The summed E-state index contributed by atoms with van der Waals surface area (Å²) in [5.74, 6) is -5.44. The third-order valence-electron chi connectivity index (χ3n) is 4.87. The summed E-state index contributed by atoms with van der Waals surface area (Å²) in [6.45, 7) is 3.70. The highest BCUT2D eigenvalue weighted by molar-refractivity contribution is 7.89. The molecule has 0 bridgehead atoms. The number of benzene rings is 1. The van der Waals surface area contributed by atoms with Crippen molar-refractivity contribution in [3.8, 4) is 0 Å². The van der Waals surface area contributed by atoms with E-state index in [4.69, 9.17) is 0 Å². The van der Waals surface area contributed by atoms with Gasteiger partial charge in [-0.1, -0.05) is 0 Å². The number of hydrogen-bond acceptors (Lipinski definition) is 4. The Kier molecular flexibility index (Phi) is 5.15. The Bertz CT molecular complexity index is 930. The summed E-state index contributed by atoms with van der Waals surface area (Å²) in [4.78, 5) is 25.1. The molecule has 3 rings (SSSR count). The quantitative estimate of drug-likeness (QED) is 0.496. The molecule has 2 heterocycles. The average molecular weight is 421 g/mol. The van der Waals surface area contributed by atoms with Crippen LogP contribution >= 0.6 is 0 Å². The van der Waals surface area contributed by atoms with Gasteiger partial charge < -0.3 is 10.2 Å². The Morgan fingerprint density at radius 1 is 1.11 bits per heavy atom. The van der Waals surface area contributed by atoms with Gasteiger partial charge in [0.2, 0.25) is 10.0 Å². The number of nitrogens with one attached hydrogen (secondary N) is 2. The third-order valence-corrected chi connectivity index (χ3v) is 6.79. The van der Waals surface area contributed by atoms with Crippen molar-refractivity contribution in [2.24, 2.45) is 0 Å². The molecule has 2 aliphatic heterocycles. The number of piperazine rings is 1. The summed E-state index contributed by atoms with van der Waals surface area (Å²) in [5, 5.41) is 2.56.